The number of nitrogens with zero attached hydrogens (tertiary/aromatic N) is 6. The van der Waals surface area contributed by atoms with Gasteiger partial charge in [-0.1, -0.05) is 24.6 Å². The second-order valence-corrected chi connectivity index (χ2v) is 17.1. The molecule has 1 spiro atoms. The second-order valence-electron chi connectivity index (χ2n) is 15.2. The highest BCUT2D eigenvalue weighted by Crippen LogP contribution is 2.48. The third-order valence-corrected chi connectivity index (χ3v) is 12.9. The zero-order valence-corrected chi connectivity index (χ0v) is 31.2. The summed E-state index contributed by atoms with van der Waals surface area (Å²) in [7, 11) is -4.03. The highest BCUT2D eigenvalue weighted by atomic mass is 32.2. The van der Waals surface area contributed by atoms with E-state index in [-0.39, 0.29) is 23.9 Å². The van der Waals surface area contributed by atoms with E-state index < -0.39 is 32.9 Å². The van der Waals surface area contributed by atoms with Gasteiger partial charge in [0.2, 0.25) is 21.8 Å². The Kier molecular flexibility index (Phi) is 9.12. The van der Waals surface area contributed by atoms with Crippen molar-refractivity contribution in [1.29, 1.82) is 0 Å². The van der Waals surface area contributed by atoms with Gasteiger partial charge < -0.3 is 14.6 Å². The van der Waals surface area contributed by atoms with Crippen LogP contribution in [-0.4, -0.2) is 86.7 Å². The first-order valence-electron chi connectivity index (χ1n) is 17.9. The number of piperidine rings is 1. The van der Waals surface area contributed by atoms with Crippen molar-refractivity contribution in [2.45, 2.75) is 96.6 Å². The molecule has 1 atom stereocenters. The topological polar surface area (TPSA) is 139 Å². The minimum atomic E-state index is -4.03. The van der Waals surface area contributed by atoms with E-state index in [9.17, 15) is 18.3 Å². The average molecular weight is 717 g/mol. The van der Waals surface area contributed by atoms with Crippen LogP contribution < -0.4 is 9.47 Å². The Morgan fingerprint density at radius 2 is 1.78 bits per heavy atom. The van der Waals surface area contributed by atoms with Crippen molar-refractivity contribution in [3.8, 4) is 11.8 Å². The molecule has 1 aliphatic carbocycles. The molecule has 1 N–H and O–H groups in total. The van der Waals surface area contributed by atoms with E-state index in [1.165, 1.54) is 23.6 Å². The molecule has 0 amide bonds. The van der Waals surface area contributed by atoms with Gasteiger partial charge in [-0.2, -0.15) is 9.29 Å². The Hall–Kier alpha value is -4.07. The van der Waals surface area contributed by atoms with Crippen LogP contribution in [-0.2, 0) is 21.4 Å². The second kappa shape index (κ2) is 13.2. The zero-order valence-electron chi connectivity index (χ0n) is 30.4. The number of likely N-dealkylation sites (tertiary alicyclic amines) is 1. The monoisotopic (exact) mass is 716 g/mol. The first-order chi connectivity index (χ1) is 24.2. The van der Waals surface area contributed by atoms with Gasteiger partial charge in [-0.15, -0.1) is 10.2 Å². The molecular weight excluding hydrogens is 669 g/mol. The zero-order chi connectivity index (χ0) is 36.3. The molecule has 2 aliphatic heterocycles. The molecule has 272 valence electrons. The van der Waals surface area contributed by atoms with E-state index in [0.29, 0.717) is 23.7 Å². The van der Waals surface area contributed by atoms with Crippen LogP contribution in [0.15, 0.2) is 41.4 Å². The number of hydrogen-bond acceptors (Lipinski definition) is 9. The fourth-order valence-electron chi connectivity index (χ4n) is 7.60. The van der Waals surface area contributed by atoms with Crippen LogP contribution in [0.3, 0.4) is 0 Å². The van der Waals surface area contributed by atoms with Gasteiger partial charge in [-0.05, 0) is 120 Å². The van der Waals surface area contributed by atoms with Gasteiger partial charge in [0.05, 0.1) is 12.0 Å². The third-order valence-electron chi connectivity index (χ3n) is 11.1. The minimum Gasteiger partial charge on any atom is -0.481 e. The first-order valence-corrected chi connectivity index (χ1v) is 19.3. The predicted molar refractivity (Wildman–Crippen MR) is 192 cm³/mol. The van der Waals surface area contributed by atoms with Crippen LogP contribution in [0.2, 0.25) is 0 Å². The van der Waals surface area contributed by atoms with Crippen molar-refractivity contribution >= 4 is 21.6 Å². The molecule has 4 aromatic rings. The minimum absolute atomic E-state index is 0.0402. The summed E-state index contributed by atoms with van der Waals surface area (Å²) in [5.41, 5.74) is 3.59. The number of rotatable bonds is 10. The van der Waals surface area contributed by atoms with E-state index in [4.69, 9.17) is 9.47 Å². The van der Waals surface area contributed by atoms with Gasteiger partial charge in [0.25, 0.3) is 0 Å². The van der Waals surface area contributed by atoms with Gasteiger partial charge >= 0.3 is 5.97 Å². The van der Waals surface area contributed by atoms with Crippen LogP contribution >= 0.6 is 0 Å². The Bertz CT molecular complexity index is 2100. The number of carbonyl (C=O) groups is 1. The summed E-state index contributed by atoms with van der Waals surface area (Å²) in [4.78, 5) is 19.9. The summed E-state index contributed by atoms with van der Waals surface area (Å²) in [6.45, 7) is 14.7. The molecule has 51 heavy (non-hydrogen) atoms. The summed E-state index contributed by atoms with van der Waals surface area (Å²) in [5.74, 6) is -0.265. The van der Waals surface area contributed by atoms with Gasteiger partial charge in [0.1, 0.15) is 22.9 Å². The molecule has 3 aromatic heterocycles. The molecule has 0 radical (unpaired) electrons. The summed E-state index contributed by atoms with van der Waals surface area (Å²) in [6, 6.07) is 9.44. The highest BCUT2D eigenvalue weighted by Gasteiger charge is 2.53. The van der Waals surface area contributed by atoms with Gasteiger partial charge in [0, 0.05) is 30.8 Å². The van der Waals surface area contributed by atoms with Crippen LogP contribution in [0.1, 0.15) is 91.1 Å². The van der Waals surface area contributed by atoms with Crippen molar-refractivity contribution in [2.75, 3.05) is 32.8 Å². The third kappa shape index (κ3) is 6.60. The molecule has 2 fully saturated rings. The Balaban J connectivity index is 1.22. The Morgan fingerprint density at radius 3 is 2.49 bits per heavy atom. The number of aromatic nitrogens is 4. The number of aliphatic carboxylic acids is 1. The normalized spacial score (nSPS) is 19.3. The number of sulfonamides is 1. The Morgan fingerprint density at radius 1 is 1.04 bits per heavy atom. The number of ether oxygens (including phenoxy) is 2. The number of benzene rings is 1. The Labute approximate surface area is 299 Å². The summed E-state index contributed by atoms with van der Waals surface area (Å²) >= 11 is 0. The molecule has 3 aliphatic rings. The lowest BCUT2D eigenvalue weighted by atomic mass is 9.70. The van der Waals surface area contributed by atoms with Gasteiger partial charge in [-0.3, -0.25) is 14.1 Å². The molecule has 0 bridgehead atoms. The number of hydrogen-bond donors (Lipinski definition) is 1. The van der Waals surface area contributed by atoms with Crippen molar-refractivity contribution in [3.05, 3.63) is 75.7 Å². The number of carboxylic acid groups (broad SMARTS) is 1. The SMILES string of the molecule is Cc1ccc([C@@H](c2ccn3c(C)nnc3c2C)C(C)(C)C(=O)O)cc1CN1CC2(CC2)Oc2nc(OCCN3CCCCC3)c(C)cc2S1(=O)=O. The van der Waals surface area contributed by atoms with Gasteiger partial charge in [0.15, 0.2) is 5.65 Å². The fraction of sp³-hybridized carbons (Fsp3) is 0.526. The summed E-state index contributed by atoms with van der Waals surface area (Å²) < 4.78 is 44.8. The fourth-order valence-corrected chi connectivity index (χ4v) is 9.23. The van der Waals surface area contributed by atoms with Crippen LogP contribution in [0.4, 0.5) is 0 Å². The number of fused-ring (bicyclic) bond motifs is 2. The van der Waals surface area contributed by atoms with E-state index in [0.717, 1.165) is 66.1 Å². The molecular formula is C38H48N6O6S. The highest BCUT2D eigenvalue weighted by molar-refractivity contribution is 7.89. The smallest absolute Gasteiger partial charge is 0.310 e. The van der Waals surface area contributed by atoms with E-state index >= 15 is 0 Å². The molecule has 7 rings (SSSR count). The van der Waals surface area contributed by atoms with Crippen molar-refractivity contribution in [2.24, 2.45) is 5.41 Å². The molecule has 5 heterocycles. The van der Waals surface area contributed by atoms with Crippen molar-refractivity contribution in [3.63, 3.8) is 0 Å². The van der Waals surface area contributed by atoms with Crippen LogP contribution in [0, 0.1) is 33.1 Å². The lowest BCUT2D eigenvalue weighted by molar-refractivity contribution is -0.147. The van der Waals surface area contributed by atoms with Crippen molar-refractivity contribution < 1.29 is 27.8 Å². The van der Waals surface area contributed by atoms with Crippen LogP contribution in [0.25, 0.3) is 5.65 Å². The molecule has 12 nitrogen and oxygen atoms in total. The molecule has 1 saturated carbocycles. The first kappa shape index (κ1) is 35.3. The van der Waals surface area contributed by atoms with Crippen molar-refractivity contribution in [1.82, 2.24) is 28.8 Å². The molecule has 1 aromatic carbocycles. The lowest BCUT2D eigenvalue weighted by Crippen LogP contribution is -2.38. The standard InChI is InChI=1S/C38H48N6O6S/c1-24-10-11-28(32(37(5,6)36(45)46)30-12-17-44-27(4)40-41-33(44)26(30)3)21-29(24)22-43-23-38(13-14-38)50-35-31(51(43,47)48)20-25(2)34(39-35)49-19-18-42-15-8-7-9-16-42/h10-12,17,20-21,32H,7-9,13-16,18-19,22-23H2,1-6H3,(H,45,46)/t32-/m0/s1. The number of carboxylic acids is 1. The van der Waals surface area contributed by atoms with Crippen LogP contribution in [0.5, 0.6) is 11.8 Å². The largest absolute Gasteiger partial charge is 0.481 e. The number of pyridine rings is 2. The molecule has 0 unspecified atom stereocenters. The lowest BCUT2D eigenvalue weighted by Gasteiger charge is -2.33. The maximum atomic E-state index is 14.5. The average Bonchev–Trinajstić information content (AvgIpc) is 3.75. The summed E-state index contributed by atoms with van der Waals surface area (Å²) in [6.07, 6.45) is 6.98. The maximum Gasteiger partial charge on any atom is 0.310 e. The number of aryl methyl sites for hydroxylation is 4. The van der Waals surface area contributed by atoms with E-state index in [1.807, 2.05) is 62.6 Å². The predicted octanol–water partition coefficient (Wildman–Crippen LogP) is 5.58. The molecule has 1 saturated heterocycles. The quantitative estimate of drug-likeness (QED) is 0.221. The van der Waals surface area contributed by atoms with E-state index in [2.05, 4.69) is 20.1 Å². The maximum absolute atomic E-state index is 14.5. The molecule has 13 heteroatoms. The summed E-state index contributed by atoms with van der Waals surface area (Å²) in [5, 5.41) is 19.1. The van der Waals surface area contributed by atoms with E-state index in [1.54, 1.807) is 19.9 Å². The van der Waals surface area contributed by atoms with Gasteiger partial charge in [-0.25, -0.2) is 8.42 Å².